The Hall–Kier alpha value is -3.15. The molecule has 0 spiro atoms. The Labute approximate surface area is 130 Å². The van der Waals surface area contributed by atoms with E-state index in [-0.39, 0.29) is 33.8 Å². The van der Waals surface area contributed by atoms with Crippen LogP contribution in [0.1, 0.15) is 44.3 Å². The van der Waals surface area contributed by atoms with Crippen molar-refractivity contribution in [2.75, 3.05) is 0 Å². The molecule has 2 aromatic carbocycles. The summed E-state index contributed by atoms with van der Waals surface area (Å²) in [6, 6.07) is 5.38. The van der Waals surface area contributed by atoms with Crippen LogP contribution >= 0.6 is 0 Å². The highest BCUT2D eigenvalue weighted by atomic mass is 16.5. The Kier molecular flexibility index (Phi) is 3.18. The van der Waals surface area contributed by atoms with Crippen molar-refractivity contribution < 1.29 is 29.3 Å². The van der Waals surface area contributed by atoms with Crippen molar-refractivity contribution in [1.82, 2.24) is 0 Å². The summed E-state index contributed by atoms with van der Waals surface area (Å²) in [5.41, 5.74) is 0.241. The molecule has 0 unspecified atom stereocenters. The predicted molar refractivity (Wildman–Crippen MR) is 79.1 cm³/mol. The highest BCUT2D eigenvalue weighted by molar-refractivity contribution is 6.30. The number of phenols is 2. The van der Waals surface area contributed by atoms with Crippen LogP contribution in [0.4, 0.5) is 0 Å². The molecule has 1 aliphatic rings. The van der Waals surface area contributed by atoms with Gasteiger partial charge in [0.05, 0.1) is 11.1 Å². The van der Waals surface area contributed by atoms with E-state index in [0.29, 0.717) is 5.56 Å². The van der Waals surface area contributed by atoms with E-state index >= 15 is 0 Å². The number of benzene rings is 2. The number of fused-ring (bicyclic) bond motifs is 2. The summed E-state index contributed by atoms with van der Waals surface area (Å²) in [7, 11) is 0. The smallest absolute Gasteiger partial charge is 0.308 e. The van der Waals surface area contributed by atoms with Crippen molar-refractivity contribution in [2.24, 2.45) is 0 Å². The molecule has 0 atom stereocenters. The monoisotopic (exact) mass is 312 g/mol. The van der Waals surface area contributed by atoms with Crippen molar-refractivity contribution in [3.05, 3.63) is 52.1 Å². The Morgan fingerprint density at radius 2 is 1.65 bits per heavy atom. The number of hydrogen-bond donors (Lipinski definition) is 2. The number of ether oxygens (including phenoxy) is 1. The van der Waals surface area contributed by atoms with Gasteiger partial charge in [0, 0.05) is 18.1 Å². The second kappa shape index (κ2) is 4.95. The average molecular weight is 312 g/mol. The Balaban J connectivity index is 2.27. The number of ketones is 2. The van der Waals surface area contributed by atoms with Crippen molar-refractivity contribution in [3.63, 3.8) is 0 Å². The van der Waals surface area contributed by atoms with E-state index in [1.165, 1.54) is 24.3 Å². The lowest BCUT2D eigenvalue weighted by Gasteiger charge is -2.20. The van der Waals surface area contributed by atoms with Crippen molar-refractivity contribution in [3.8, 4) is 17.2 Å². The maximum Gasteiger partial charge on any atom is 0.308 e. The first-order valence-electron chi connectivity index (χ1n) is 6.78. The zero-order chi connectivity index (χ0) is 16.9. The summed E-state index contributed by atoms with van der Waals surface area (Å²) in [5, 5.41) is 20.2. The molecule has 0 bridgehead atoms. The van der Waals surface area contributed by atoms with Crippen LogP contribution in [0.25, 0.3) is 0 Å². The molecule has 0 saturated carbocycles. The van der Waals surface area contributed by atoms with E-state index in [4.69, 9.17) is 4.74 Å². The summed E-state index contributed by atoms with van der Waals surface area (Å²) in [6.07, 6.45) is 0. The molecule has 23 heavy (non-hydrogen) atoms. The molecule has 0 radical (unpaired) electrons. The molecule has 3 rings (SSSR count). The van der Waals surface area contributed by atoms with Crippen LogP contribution < -0.4 is 4.74 Å². The third kappa shape index (κ3) is 2.15. The average Bonchev–Trinajstić information content (AvgIpc) is 2.45. The first kappa shape index (κ1) is 14.8. The molecule has 2 aromatic rings. The molecule has 6 heteroatoms. The lowest BCUT2D eigenvalue weighted by Crippen LogP contribution is -2.21. The third-order valence-electron chi connectivity index (χ3n) is 3.60. The standard InChI is InChI=1S/C17H12O6/c1-7-5-10-13(11(19)6-7)15(20)9-3-4-12(23-8(2)18)17(22)14(9)16(10)21/h3-6,19,22H,1-2H3. The molecular weight excluding hydrogens is 300 g/mol. The van der Waals surface area contributed by atoms with E-state index < -0.39 is 23.3 Å². The second-order valence-corrected chi connectivity index (χ2v) is 5.29. The fourth-order valence-electron chi connectivity index (χ4n) is 2.68. The maximum absolute atomic E-state index is 12.7. The predicted octanol–water partition coefficient (Wildman–Crippen LogP) is 2.11. The zero-order valence-corrected chi connectivity index (χ0v) is 12.3. The van der Waals surface area contributed by atoms with Crippen molar-refractivity contribution in [1.29, 1.82) is 0 Å². The van der Waals surface area contributed by atoms with Gasteiger partial charge in [0.2, 0.25) is 0 Å². The van der Waals surface area contributed by atoms with Crippen LogP contribution in [0.15, 0.2) is 24.3 Å². The van der Waals surface area contributed by atoms with Gasteiger partial charge in [-0.15, -0.1) is 0 Å². The number of esters is 1. The molecule has 0 saturated heterocycles. The number of phenolic OH excluding ortho intramolecular Hbond substituents is 2. The molecule has 116 valence electrons. The Morgan fingerprint density at radius 3 is 2.30 bits per heavy atom. The highest BCUT2D eigenvalue weighted by Crippen LogP contribution is 2.41. The van der Waals surface area contributed by atoms with Gasteiger partial charge in [-0.1, -0.05) is 0 Å². The van der Waals surface area contributed by atoms with Crippen LogP contribution in [0, 0.1) is 6.92 Å². The quantitative estimate of drug-likeness (QED) is 0.527. The van der Waals surface area contributed by atoms with Gasteiger partial charge in [-0.3, -0.25) is 14.4 Å². The van der Waals surface area contributed by atoms with Gasteiger partial charge in [-0.2, -0.15) is 0 Å². The third-order valence-corrected chi connectivity index (χ3v) is 3.60. The van der Waals surface area contributed by atoms with E-state index in [2.05, 4.69) is 0 Å². The van der Waals surface area contributed by atoms with Crippen LogP contribution in [-0.4, -0.2) is 27.7 Å². The summed E-state index contributed by atoms with van der Waals surface area (Å²) in [5.74, 6) is -2.89. The van der Waals surface area contributed by atoms with Gasteiger partial charge in [0.15, 0.2) is 23.1 Å². The molecule has 1 aliphatic carbocycles. The van der Waals surface area contributed by atoms with Gasteiger partial charge in [-0.05, 0) is 36.8 Å². The van der Waals surface area contributed by atoms with Crippen LogP contribution in [0.2, 0.25) is 0 Å². The van der Waals surface area contributed by atoms with E-state index in [0.717, 1.165) is 6.92 Å². The molecule has 0 aliphatic heterocycles. The van der Waals surface area contributed by atoms with Crippen molar-refractivity contribution in [2.45, 2.75) is 13.8 Å². The lowest BCUT2D eigenvalue weighted by molar-refractivity contribution is -0.132. The summed E-state index contributed by atoms with van der Waals surface area (Å²) >= 11 is 0. The molecule has 0 fully saturated rings. The Morgan fingerprint density at radius 1 is 1.00 bits per heavy atom. The van der Waals surface area contributed by atoms with Gasteiger partial charge in [0.25, 0.3) is 0 Å². The fraction of sp³-hybridized carbons (Fsp3) is 0.118. The molecule has 6 nitrogen and oxygen atoms in total. The van der Waals surface area contributed by atoms with Gasteiger partial charge in [-0.25, -0.2) is 0 Å². The number of rotatable bonds is 1. The van der Waals surface area contributed by atoms with Crippen LogP contribution in [0.5, 0.6) is 17.2 Å². The molecular formula is C17H12O6. The SMILES string of the molecule is CC(=O)Oc1ccc2c(c1O)C(=O)c1cc(C)cc(O)c1C2=O. The molecule has 0 aromatic heterocycles. The summed E-state index contributed by atoms with van der Waals surface area (Å²) in [4.78, 5) is 36.2. The summed E-state index contributed by atoms with van der Waals surface area (Å²) < 4.78 is 4.83. The lowest BCUT2D eigenvalue weighted by atomic mass is 9.82. The number of carbonyl (C=O) groups is 3. The van der Waals surface area contributed by atoms with Crippen LogP contribution in [0.3, 0.4) is 0 Å². The Bertz CT molecular complexity index is 894. The fourth-order valence-corrected chi connectivity index (χ4v) is 2.68. The first-order chi connectivity index (χ1) is 10.8. The first-order valence-corrected chi connectivity index (χ1v) is 6.78. The topological polar surface area (TPSA) is 101 Å². The second-order valence-electron chi connectivity index (χ2n) is 5.29. The zero-order valence-electron chi connectivity index (χ0n) is 12.3. The number of carbonyl (C=O) groups excluding carboxylic acids is 3. The minimum absolute atomic E-state index is 0.00951. The largest absolute Gasteiger partial charge is 0.507 e. The van der Waals surface area contributed by atoms with Crippen molar-refractivity contribution >= 4 is 17.5 Å². The molecule has 0 heterocycles. The summed E-state index contributed by atoms with van der Waals surface area (Å²) in [6.45, 7) is 2.82. The maximum atomic E-state index is 12.7. The van der Waals surface area contributed by atoms with Gasteiger partial charge >= 0.3 is 5.97 Å². The normalized spacial score (nSPS) is 12.6. The highest BCUT2D eigenvalue weighted by Gasteiger charge is 2.35. The minimum Gasteiger partial charge on any atom is -0.507 e. The number of hydrogen-bond acceptors (Lipinski definition) is 6. The van der Waals surface area contributed by atoms with Crippen LogP contribution in [-0.2, 0) is 4.79 Å². The van der Waals surface area contributed by atoms with E-state index in [1.807, 2.05) is 0 Å². The molecule has 0 amide bonds. The van der Waals surface area contributed by atoms with Gasteiger partial charge < -0.3 is 14.9 Å². The minimum atomic E-state index is -0.663. The number of aryl methyl sites for hydroxylation is 1. The van der Waals surface area contributed by atoms with E-state index in [9.17, 15) is 24.6 Å². The number of aromatic hydroxyl groups is 2. The molecule has 2 N–H and O–H groups in total. The van der Waals surface area contributed by atoms with E-state index in [1.54, 1.807) is 6.92 Å². The van der Waals surface area contributed by atoms with Gasteiger partial charge in [0.1, 0.15) is 5.75 Å².